The zero-order chi connectivity index (χ0) is 24.4. The van der Waals surface area contributed by atoms with Gasteiger partial charge in [-0.15, -0.1) is 0 Å². The van der Waals surface area contributed by atoms with E-state index in [0.717, 1.165) is 24.2 Å². The lowest BCUT2D eigenvalue weighted by Gasteiger charge is -2.71. The van der Waals surface area contributed by atoms with E-state index in [1.54, 1.807) is 0 Å². The smallest absolute Gasteiger partial charge is 0.290 e. The van der Waals surface area contributed by atoms with Gasteiger partial charge in [-0.3, -0.25) is 4.79 Å². The van der Waals surface area contributed by atoms with Gasteiger partial charge in [-0.25, -0.2) is 0 Å². The Kier molecular flexibility index (Phi) is 6.21. The van der Waals surface area contributed by atoms with E-state index in [2.05, 4.69) is 54.5 Å². The third kappa shape index (κ3) is 3.34. The molecule has 5 aliphatic carbocycles. The molecule has 188 valence electrons. The Morgan fingerprint density at radius 3 is 2.24 bits per heavy atom. The molecule has 4 saturated carbocycles. The summed E-state index contributed by atoms with van der Waals surface area (Å²) in [6.45, 7) is 17.7. The molecule has 5 aliphatic rings. The van der Waals surface area contributed by atoms with Crippen LogP contribution in [0.4, 0.5) is 0 Å². The average molecular weight is 459 g/mol. The summed E-state index contributed by atoms with van der Waals surface area (Å²) in [5, 5.41) is 17.8. The van der Waals surface area contributed by atoms with Gasteiger partial charge in [0.25, 0.3) is 6.47 Å². The molecule has 0 radical (unpaired) electrons. The van der Waals surface area contributed by atoms with Crippen molar-refractivity contribution in [3.05, 3.63) is 11.6 Å². The minimum absolute atomic E-state index is 0.0578. The predicted octanol–water partition coefficient (Wildman–Crippen LogP) is 7.48. The van der Waals surface area contributed by atoms with Crippen molar-refractivity contribution in [3.63, 3.8) is 0 Å². The second-order valence-corrected chi connectivity index (χ2v) is 14.3. The van der Waals surface area contributed by atoms with Gasteiger partial charge >= 0.3 is 0 Å². The van der Waals surface area contributed by atoms with Crippen LogP contribution in [-0.2, 0) is 4.79 Å². The Labute approximate surface area is 202 Å². The molecule has 3 nitrogen and oxygen atoms in total. The molecule has 0 aromatic heterocycles. The molecule has 0 heterocycles. The number of hydrogen-bond acceptors (Lipinski definition) is 2. The van der Waals surface area contributed by atoms with E-state index in [-0.39, 0.29) is 18.0 Å². The number of carboxylic acid groups (broad SMARTS) is 1. The summed E-state index contributed by atoms with van der Waals surface area (Å²) in [6, 6.07) is 0. The molecule has 0 amide bonds. The fourth-order valence-corrected chi connectivity index (χ4v) is 10.8. The Bertz CT molecular complexity index is 800. The number of aliphatic hydroxyl groups excluding tert-OH is 1. The van der Waals surface area contributed by atoms with Crippen LogP contribution < -0.4 is 0 Å². The van der Waals surface area contributed by atoms with Crippen molar-refractivity contribution in [2.24, 2.45) is 50.7 Å². The highest BCUT2D eigenvalue weighted by Gasteiger charge is 2.67. The van der Waals surface area contributed by atoms with E-state index in [9.17, 15) is 5.11 Å². The van der Waals surface area contributed by atoms with Crippen LogP contribution in [0.15, 0.2) is 11.6 Å². The van der Waals surface area contributed by atoms with Crippen molar-refractivity contribution in [3.8, 4) is 0 Å². The van der Waals surface area contributed by atoms with Crippen molar-refractivity contribution < 1.29 is 15.0 Å². The van der Waals surface area contributed by atoms with Crippen molar-refractivity contribution in [1.29, 1.82) is 0 Å². The molecular formula is C30H50O3. The molecular weight excluding hydrogens is 408 g/mol. The van der Waals surface area contributed by atoms with Crippen molar-refractivity contribution in [2.75, 3.05) is 0 Å². The summed E-state index contributed by atoms with van der Waals surface area (Å²) in [7, 11) is 0. The van der Waals surface area contributed by atoms with Crippen LogP contribution in [0.25, 0.3) is 0 Å². The van der Waals surface area contributed by atoms with E-state index < -0.39 is 0 Å². The van der Waals surface area contributed by atoms with E-state index in [4.69, 9.17) is 9.90 Å². The summed E-state index contributed by atoms with van der Waals surface area (Å²) in [6.07, 6.45) is 16.0. The Morgan fingerprint density at radius 1 is 0.909 bits per heavy atom. The molecule has 0 bridgehead atoms. The normalized spacial score (nSPS) is 52.5. The number of rotatable bonds is 0. The Morgan fingerprint density at radius 2 is 1.58 bits per heavy atom. The minimum Gasteiger partial charge on any atom is -0.483 e. The maximum atomic E-state index is 10.9. The summed E-state index contributed by atoms with van der Waals surface area (Å²) in [5.41, 5.74) is 3.66. The monoisotopic (exact) mass is 458 g/mol. The van der Waals surface area contributed by atoms with Gasteiger partial charge in [-0.05, 0) is 102 Å². The van der Waals surface area contributed by atoms with E-state index in [1.165, 1.54) is 57.8 Å². The van der Waals surface area contributed by atoms with Crippen LogP contribution in [0.2, 0.25) is 0 Å². The quantitative estimate of drug-likeness (QED) is 0.292. The van der Waals surface area contributed by atoms with Gasteiger partial charge in [0.2, 0.25) is 0 Å². The zero-order valence-electron chi connectivity index (χ0n) is 22.4. The third-order valence-corrected chi connectivity index (χ3v) is 12.8. The summed E-state index contributed by atoms with van der Waals surface area (Å²) >= 11 is 0. The topological polar surface area (TPSA) is 57.5 Å². The molecule has 0 saturated heterocycles. The fraction of sp³-hybridized carbons (Fsp3) is 0.900. The second kappa shape index (κ2) is 8.10. The average Bonchev–Trinajstić information content (AvgIpc) is 2.72. The molecule has 9 atom stereocenters. The van der Waals surface area contributed by atoms with Gasteiger partial charge < -0.3 is 10.2 Å². The van der Waals surface area contributed by atoms with Crippen LogP contribution in [0, 0.1) is 50.7 Å². The van der Waals surface area contributed by atoms with Gasteiger partial charge in [-0.2, -0.15) is 0 Å². The van der Waals surface area contributed by atoms with Crippen LogP contribution in [0.5, 0.6) is 0 Å². The van der Waals surface area contributed by atoms with Crippen LogP contribution in [0.1, 0.15) is 113 Å². The highest BCUT2D eigenvalue weighted by molar-refractivity contribution is 5.33. The van der Waals surface area contributed by atoms with Gasteiger partial charge in [0.15, 0.2) is 0 Å². The summed E-state index contributed by atoms with van der Waals surface area (Å²) in [4.78, 5) is 8.36. The Hall–Kier alpha value is -0.830. The standard InChI is InChI=1S/C29H48O.CH2O2/c1-19-9-8-14-26(4)17-18-28(6)20(24(19)26)10-11-22-27(5)15-13-23(30)25(2,3)21(27)12-16-29(22,28)7;2-1-3/h10,19,21-24,30H,8-9,11-18H2,1-7H3;1H,(H,2,3)/t19?,21?,22?,23?,24?,26?,27?,28-,29?;/m1./s1. The molecule has 0 aliphatic heterocycles. The molecule has 33 heavy (non-hydrogen) atoms. The maximum Gasteiger partial charge on any atom is 0.290 e. The number of hydrogen-bond donors (Lipinski definition) is 2. The van der Waals surface area contributed by atoms with Gasteiger partial charge in [0.05, 0.1) is 6.10 Å². The van der Waals surface area contributed by atoms with Crippen LogP contribution in [-0.4, -0.2) is 22.8 Å². The van der Waals surface area contributed by atoms with Crippen LogP contribution in [0.3, 0.4) is 0 Å². The van der Waals surface area contributed by atoms with Crippen molar-refractivity contribution in [2.45, 2.75) is 119 Å². The number of aliphatic hydroxyl groups is 1. The SMILES string of the molecule is CC1CCCC2(C)CC[C@]3(C)C(=CCC4C5(C)CCC(O)C(C)(C)C5CCC43C)C12.O=CO. The first kappa shape index (κ1) is 25.3. The molecule has 2 N–H and O–H groups in total. The maximum absolute atomic E-state index is 10.9. The molecule has 5 rings (SSSR count). The number of fused-ring (bicyclic) bond motifs is 7. The predicted molar refractivity (Wildman–Crippen MR) is 135 cm³/mol. The van der Waals surface area contributed by atoms with E-state index in [1.807, 2.05) is 5.57 Å². The number of carbonyl (C=O) groups is 1. The van der Waals surface area contributed by atoms with Gasteiger partial charge in [0.1, 0.15) is 0 Å². The summed E-state index contributed by atoms with van der Waals surface area (Å²) < 4.78 is 0. The largest absolute Gasteiger partial charge is 0.483 e. The van der Waals surface area contributed by atoms with Gasteiger partial charge in [-0.1, -0.05) is 73.0 Å². The third-order valence-electron chi connectivity index (χ3n) is 12.8. The Balaban J connectivity index is 0.000000821. The van der Waals surface area contributed by atoms with Crippen molar-refractivity contribution >= 4 is 6.47 Å². The highest BCUT2D eigenvalue weighted by atomic mass is 16.3. The molecule has 0 spiro atoms. The fourth-order valence-electron chi connectivity index (χ4n) is 10.8. The lowest BCUT2D eigenvalue weighted by molar-refractivity contribution is -0.203. The molecule has 3 heteroatoms. The van der Waals surface area contributed by atoms with Crippen molar-refractivity contribution in [1.82, 2.24) is 0 Å². The molecule has 4 fully saturated rings. The zero-order valence-corrected chi connectivity index (χ0v) is 22.4. The lowest BCUT2D eigenvalue weighted by atomic mass is 9.33. The molecule has 0 aromatic rings. The lowest BCUT2D eigenvalue weighted by Crippen LogP contribution is -2.64. The minimum atomic E-state index is -0.250. The highest BCUT2D eigenvalue weighted by Crippen LogP contribution is 2.75. The van der Waals surface area contributed by atoms with Gasteiger partial charge in [0, 0.05) is 0 Å². The first-order valence-corrected chi connectivity index (χ1v) is 13.8. The van der Waals surface area contributed by atoms with Crippen LogP contribution >= 0.6 is 0 Å². The first-order chi connectivity index (χ1) is 15.3. The molecule has 8 unspecified atom stereocenters. The van der Waals surface area contributed by atoms with E-state index in [0.29, 0.717) is 27.6 Å². The molecule has 0 aromatic carbocycles. The number of allylic oxidation sites excluding steroid dienone is 2. The van der Waals surface area contributed by atoms with E-state index >= 15 is 0 Å². The summed E-state index contributed by atoms with van der Waals surface area (Å²) in [5.74, 6) is 3.10. The second-order valence-electron chi connectivity index (χ2n) is 14.3. The first-order valence-electron chi connectivity index (χ1n) is 13.8.